The van der Waals surface area contributed by atoms with Crippen LogP contribution in [0.3, 0.4) is 0 Å². The van der Waals surface area contributed by atoms with Crippen molar-refractivity contribution in [3.8, 4) is 23.6 Å². The summed E-state index contributed by atoms with van der Waals surface area (Å²) in [6.45, 7) is -0.286. The summed E-state index contributed by atoms with van der Waals surface area (Å²) in [6.07, 6.45) is 1.37. The largest absolute Gasteiger partial charge is 0.478 e. The average molecular weight is 468 g/mol. The summed E-state index contributed by atoms with van der Waals surface area (Å²) in [7, 11) is -1.38. The summed E-state index contributed by atoms with van der Waals surface area (Å²) in [5, 5.41) is 9.18. The zero-order chi connectivity index (χ0) is 20.3. The number of ether oxygens (including phenoxy) is 3. The van der Waals surface area contributed by atoms with Crippen LogP contribution in [0.4, 0.5) is 5.95 Å². The Morgan fingerprint density at radius 3 is 2.54 bits per heavy atom. The number of hydrogen-bond donors (Lipinski definition) is 2. The Hall–Kier alpha value is -3.04. The Morgan fingerprint density at radius 1 is 1.25 bits per heavy atom. The summed E-state index contributed by atoms with van der Waals surface area (Å²) in [5.74, 6) is -0.443. The lowest BCUT2D eigenvalue weighted by molar-refractivity contribution is 0.290. The van der Waals surface area contributed by atoms with Crippen LogP contribution in [0.5, 0.6) is 17.5 Å². The van der Waals surface area contributed by atoms with Gasteiger partial charge in [-0.15, -0.1) is 0 Å². The lowest BCUT2D eigenvalue weighted by atomic mass is 10.2. The van der Waals surface area contributed by atoms with Gasteiger partial charge in [-0.05, 0) is 12.1 Å². The number of nitriles is 1. The van der Waals surface area contributed by atoms with Crippen molar-refractivity contribution in [2.24, 2.45) is 0 Å². The Balaban J connectivity index is 2.00. The minimum atomic E-state index is -4.02. The molecule has 0 spiro atoms. The minimum absolute atomic E-state index is 0.00792. The van der Waals surface area contributed by atoms with E-state index in [4.69, 9.17) is 19.5 Å². The first kappa shape index (κ1) is 19.7. The average Bonchev–Trinajstić information content (AvgIpc) is 3.09. The van der Waals surface area contributed by atoms with E-state index in [0.29, 0.717) is 10.9 Å². The third-order valence-electron chi connectivity index (χ3n) is 3.59. The third kappa shape index (κ3) is 3.80. The third-order valence-corrected chi connectivity index (χ3v) is 5.45. The highest BCUT2D eigenvalue weighted by molar-refractivity contribution is 9.10. The maximum absolute atomic E-state index is 12.8. The smallest absolute Gasteiger partial charge is 0.266 e. The zero-order valence-corrected chi connectivity index (χ0v) is 17.1. The Kier molecular flexibility index (Phi) is 5.57. The Labute approximate surface area is 168 Å². The van der Waals surface area contributed by atoms with Gasteiger partial charge in [-0.3, -0.25) is 0 Å². The molecule has 28 heavy (non-hydrogen) atoms. The number of nitrogens with one attached hydrogen (secondary N) is 2. The molecule has 0 fully saturated rings. The summed E-state index contributed by atoms with van der Waals surface area (Å²) in [5.41, 5.74) is 0.645. The summed E-state index contributed by atoms with van der Waals surface area (Å²) in [4.78, 5) is 10.9. The topological polar surface area (TPSA) is 139 Å². The summed E-state index contributed by atoms with van der Waals surface area (Å²) >= 11 is 3.34. The van der Waals surface area contributed by atoms with Gasteiger partial charge in [0.25, 0.3) is 21.8 Å². The lowest BCUT2D eigenvalue weighted by Crippen LogP contribution is -2.16. The van der Waals surface area contributed by atoms with Crippen molar-refractivity contribution >= 4 is 42.8 Å². The molecule has 0 aliphatic heterocycles. The van der Waals surface area contributed by atoms with E-state index in [9.17, 15) is 8.42 Å². The summed E-state index contributed by atoms with van der Waals surface area (Å²) in [6, 6.07) is 6.97. The predicted octanol–water partition coefficient (Wildman–Crippen LogP) is 2.44. The van der Waals surface area contributed by atoms with Crippen molar-refractivity contribution in [1.29, 1.82) is 5.26 Å². The highest BCUT2D eigenvalue weighted by Crippen LogP contribution is 2.35. The molecule has 0 atom stereocenters. The van der Waals surface area contributed by atoms with Crippen LogP contribution in [0, 0.1) is 11.3 Å². The van der Waals surface area contributed by atoms with Crippen LogP contribution < -0.4 is 18.9 Å². The zero-order valence-electron chi connectivity index (χ0n) is 14.7. The Morgan fingerprint density at radius 2 is 1.93 bits per heavy atom. The van der Waals surface area contributed by atoms with Gasteiger partial charge in [0, 0.05) is 21.6 Å². The van der Waals surface area contributed by atoms with Gasteiger partial charge in [-0.2, -0.15) is 15.2 Å². The highest BCUT2D eigenvalue weighted by Gasteiger charge is 2.24. The number of aromatic nitrogens is 3. The molecule has 3 aromatic rings. The quantitative estimate of drug-likeness (QED) is 0.539. The number of nitrogens with zero attached hydrogens (tertiary/aromatic N) is 3. The monoisotopic (exact) mass is 467 g/mol. The van der Waals surface area contributed by atoms with Crippen molar-refractivity contribution in [2.75, 3.05) is 25.5 Å². The molecule has 0 saturated heterocycles. The van der Waals surface area contributed by atoms with Gasteiger partial charge < -0.3 is 19.2 Å². The molecule has 0 saturated carbocycles. The van der Waals surface area contributed by atoms with Gasteiger partial charge >= 0.3 is 0 Å². The molecule has 12 heteroatoms. The molecule has 146 valence electrons. The van der Waals surface area contributed by atoms with Gasteiger partial charge in [-0.25, -0.2) is 13.1 Å². The summed E-state index contributed by atoms with van der Waals surface area (Å²) < 4.78 is 44.2. The van der Waals surface area contributed by atoms with Crippen LogP contribution >= 0.6 is 15.9 Å². The van der Waals surface area contributed by atoms with E-state index >= 15 is 0 Å². The number of fused-ring (bicyclic) bond motifs is 1. The number of anilines is 1. The molecule has 0 bridgehead atoms. The fraction of sp³-hybridized carbons (Fsp3) is 0.188. The van der Waals surface area contributed by atoms with Crippen LogP contribution in [0.2, 0.25) is 0 Å². The van der Waals surface area contributed by atoms with Gasteiger partial charge in [0.1, 0.15) is 11.0 Å². The molecule has 2 N–H and O–H groups in total. The van der Waals surface area contributed by atoms with Gasteiger partial charge in [0.05, 0.1) is 14.2 Å². The van der Waals surface area contributed by atoms with E-state index in [0.717, 1.165) is 4.47 Å². The van der Waals surface area contributed by atoms with Gasteiger partial charge in [0.15, 0.2) is 6.61 Å². The first-order chi connectivity index (χ1) is 13.4. The van der Waals surface area contributed by atoms with E-state index in [2.05, 4.69) is 35.6 Å². The molecule has 3 rings (SSSR count). The van der Waals surface area contributed by atoms with Crippen molar-refractivity contribution in [3.05, 3.63) is 28.9 Å². The molecule has 0 radical (unpaired) electrons. The van der Waals surface area contributed by atoms with E-state index in [-0.39, 0.29) is 35.0 Å². The fourth-order valence-electron chi connectivity index (χ4n) is 2.43. The molecule has 2 heterocycles. The molecule has 0 aliphatic rings. The molecule has 0 unspecified atom stereocenters. The maximum Gasteiger partial charge on any atom is 0.266 e. The van der Waals surface area contributed by atoms with Crippen LogP contribution in [-0.2, 0) is 10.0 Å². The highest BCUT2D eigenvalue weighted by atomic mass is 79.9. The Bertz CT molecular complexity index is 1150. The second-order valence-electron chi connectivity index (χ2n) is 5.29. The number of halogens is 1. The second kappa shape index (κ2) is 7.91. The minimum Gasteiger partial charge on any atom is -0.478 e. The first-order valence-corrected chi connectivity index (χ1v) is 9.96. The first-order valence-electron chi connectivity index (χ1n) is 7.69. The van der Waals surface area contributed by atoms with Crippen LogP contribution in [0.25, 0.3) is 10.9 Å². The molecule has 10 nitrogen and oxygen atoms in total. The molecule has 0 aliphatic carbocycles. The van der Waals surface area contributed by atoms with Crippen molar-refractivity contribution < 1.29 is 22.6 Å². The molecular weight excluding hydrogens is 454 g/mol. The standard InChI is InChI=1S/C16H14BrN5O5S/c1-25-14-13(27-6-5-18)15(26-2)21-16(20-14)22-28(23,24)12-8-19-11-7-9(17)3-4-10(11)12/h3-4,7-8,19H,6H2,1-2H3,(H,20,21,22). The number of benzene rings is 1. The molecule has 1 aromatic carbocycles. The second-order valence-corrected chi connectivity index (χ2v) is 7.86. The van der Waals surface area contributed by atoms with Crippen molar-refractivity contribution in [3.63, 3.8) is 0 Å². The van der Waals surface area contributed by atoms with E-state index < -0.39 is 10.0 Å². The number of sulfonamides is 1. The molecule has 2 aromatic heterocycles. The molecular formula is C16H14BrN5O5S. The van der Waals surface area contributed by atoms with E-state index in [1.807, 2.05) is 0 Å². The number of H-pyrrole nitrogens is 1. The van der Waals surface area contributed by atoms with E-state index in [1.54, 1.807) is 24.3 Å². The van der Waals surface area contributed by atoms with Gasteiger partial charge in [0.2, 0.25) is 11.7 Å². The number of aromatic amines is 1. The van der Waals surface area contributed by atoms with E-state index in [1.165, 1.54) is 20.4 Å². The van der Waals surface area contributed by atoms with Crippen molar-refractivity contribution in [1.82, 2.24) is 15.0 Å². The lowest BCUT2D eigenvalue weighted by Gasteiger charge is -2.13. The maximum atomic E-state index is 12.8. The number of rotatable bonds is 7. The predicted molar refractivity (Wildman–Crippen MR) is 103 cm³/mol. The van der Waals surface area contributed by atoms with Crippen LogP contribution in [0.15, 0.2) is 33.8 Å². The van der Waals surface area contributed by atoms with Gasteiger partial charge in [-0.1, -0.05) is 22.0 Å². The van der Waals surface area contributed by atoms with Crippen molar-refractivity contribution in [2.45, 2.75) is 4.90 Å². The number of hydrogen-bond acceptors (Lipinski definition) is 8. The fourth-order valence-corrected chi connectivity index (χ4v) is 3.91. The van der Waals surface area contributed by atoms with Crippen LogP contribution in [0.1, 0.15) is 0 Å². The normalized spacial score (nSPS) is 11.1. The SMILES string of the molecule is COc1nc(NS(=O)(=O)c2c[nH]c3cc(Br)ccc23)nc(OC)c1OCC#N. The number of methoxy groups -OCH3 is 2. The van der Waals surface area contributed by atoms with Crippen LogP contribution in [-0.4, -0.2) is 44.2 Å². The molecule has 0 amide bonds.